The lowest BCUT2D eigenvalue weighted by Crippen LogP contribution is -2.20. The summed E-state index contributed by atoms with van der Waals surface area (Å²) in [5.74, 6) is 0.493. The van der Waals surface area contributed by atoms with Crippen LogP contribution in [0.1, 0.15) is 30.5 Å². The third-order valence-corrected chi connectivity index (χ3v) is 7.10. The molecule has 0 amide bonds. The predicted molar refractivity (Wildman–Crippen MR) is 141 cm³/mol. The Kier molecular flexibility index (Phi) is 5.88. The maximum absolute atomic E-state index is 6.34. The number of hydrogen-bond donors (Lipinski definition) is 1. The van der Waals surface area contributed by atoms with E-state index in [1.54, 1.807) is 0 Å². The average molecular weight is 486 g/mol. The van der Waals surface area contributed by atoms with Crippen LogP contribution in [-0.2, 0) is 13.0 Å². The van der Waals surface area contributed by atoms with Crippen molar-refractivity contribution in [1.29, 1.82) is 0 Å². The molecule has 2 aromatic carbocycles. The van der Waals surface area contributed by atoms with Gasteiger partial charge in [0.25, 0.3) is 0 Å². The van der Waals surface area contributed by atoms with E-state index in [4.69, 9.17) is 22.4 Å². The molecule has 0 unspecified atom stereocenters. The van der Waals surface area contributed by atoms with Crippen LogP contribution in [-0.4, -0.2) is 48.9 Å². The number of nitrogens with two attached hydrogens (primary N) is 1. The molecule has 2 N–H and O–H groups in total. The number of hydrogen-bond acceptors (Lipinski definition) is 5. The molecule has 6 rings (SSSR count). The number of benzene rings is 2. The molecule has 1 aliphatic rings. The second kappa shape index (κ2) is 9.32. The van der Waals surface area contributed by atoms with Crippen LogP contribution in [0.2, 0.25) is 5.02 Å². The van der Waals surface area contributed by atoms with Crippen molar-refractivity contribution in [3.05, 3.63) is 77.3 Å². The first kappa shape index (κ1) is 22.1. The Balaban J connectivity index is 1.31. The van der Waals surface area contributed by atoms with Crippen molar-refractivity contribution >= 4 is 33.8 Å². The lowest BCUT2D eigenvalue weighted by molar-refractivity contribution is 0.333. The number of aromatic nitrogens is 5. The molecule has 5 aromatic rings. The normalized spacial score (nSPS) is 14.4. The summed E-state index contributed by atoms with van der Waals surface area (Å²) in [7, 11) is 0. The smallest absolute Gasteiger partial charge is 0.151 e. The molecule has 0 bridgehead atoms. The molecule has 3 aromatic heterocycles. The molecule has 0 spiro atoms. The second-order valence-corrected chi connectivity index (χ2v) is 9.77. The molecular formula is C27H28ClN7. The molecular weight excluding hydrogens is 458 g/mol. The van der Waals surface area contributed by atoms with E-state index in [9.17, 15) is 0 Å². The molecule has 8 heteroatoms. The fourth-order valence-electron chi connectivity index (χ4n) is 5.16. The lowest BCUT2D eigenvalue weighted by atomic mass is 10.0. The summed E-state index contributed by atoms with van der Waals surface area (Å²) in [5, 5.41) is 11.2. The number of nitrogens with zero attached hydrogens (tertiary/aromatic N) is 6. The van der Waals surface area contributed by atoms with Crippen molar-refractivity contribution in [2.24, 2.45) is 0 Å². The minimum absolute atomic E-state index is 0.493. The summed E-state index contributed by atoms with van der Waals surface area (Å²) < 4.78 is 3.92. The van der Waals surface area contributed by atoms with Crippen molar-refractivity contribution < 1.29 is 0 Å². The highest BCUT2D eigenvalue weighted by atomic mass is 35.5. The first-order valence-electron chi connectivity index (χ1n) is 12.2. The van der Waals surface area contributed by atoms with Crippen molar-refractivity contribution in [3.8, 4) is 11.1 Å². The number of halogens is 1. The van der Waals surface area contributed by atoms with E-state index in [0.29, 0.717) is 12.4 Å². The molecule has 1 saturated heterocycles. The number of likely N-dealkylation sites (tertiary alicyclic amines) is 1. The summed E-state index contributed by atoms with van der Waals surface area (Å²) in [5.41, 5.74) is 12.5. The zero-order valence-corrected chi connectivity index (χ0v) is 20.3. The summed E-state index contributed by atoms with van der Waals surface area (Å²) in [6.45, 7) is 4.24. The highest BCUT2D eigenvalue weighted by Crippen LogP contribution is 2.32. The van der Waals surface area contributed by atoms with Crippen molar-refractivity contribution in [1.82, 2.24) is 29.3 Å². The summed E-state index contributed by atoms with van der Waals surface area (Å²) >= 11 is 6.15. The predicted octanol–water partition coefficient (Wildman–Crippen LogP) is 5.06. The number of nitrogen functional groups attached to an aromatic ring is 1. The van der Waals surface area contributed by atoms with Gasteiger partial charge in [0.15, 0.2) is 5.82 Å². The fraction of sp³-hybridized carbons (Fsp3) is 0.296. The lowest BCUT2D eigenvalue weighted by Gasteiger charge is -2.13. The van der Waals surface area contributed by atoms with Crippen LogP contribution < -0.4 is 5.73 Å². The van der Waals surface area contributed by atoms with Crippen LogP contribution in [0.3, 0.4) is 0 Å². The maximum Gasteiger partial charge on any atom is 0.151 e. The standard InChI is InChI=1S/C27H28ClN7/c28-22-6-3-5-19(13-22)16-34-17-21-9-8-20(14-25(21)32-34)24-15-23(7-4-12-33-10-1-2-11-33)35-26(24)27(29)30-18-31-35/h3,5-6,8-9,13-15,17-18H,1-2,4,7,10-12,16H2,(H2,29,30,31). The Morgan fingerprint density at radius 1 is 1.03 bits per heavy atom. The number of fused-ring (bicyclic) bond motifs is 2. The molecule has 0 radical (unpaired) electrons. The van der Waals surface area contributed by atoms with Crippen molar-refractivity contribution in [2.45, 2.75) is 32.2 Å². The van der Waals surface area contributed by atoms with Crippen LogP contribution in [0.4, 0.5) is 5.82 Å². The second-order valence-electron chi connectivity index (χ2n) is 9.34. The Bertz CT molecular complexity index is 1500. The van der Waals surface area contributed by atoms with Crippen molar-refractivity contribution in [2.75, 3.05) is 25.4 Å². The SMILES string of the molecule is Nc1ncnn2c(CCCN3CCCC3)cc(-c3ccc4cn(Cc5cccc(Cl)c5)nc4c3)c12. The van der Waals surface area contributed by atoms with E-state index in [2.05, 4.69) is 51.5 Å². The maximum atomic E-state index is 6.34. The molecule has 178 valence electrons. The first-order valence-corrected chi connectivity index (χ1v) is 12.6. The Morgan fingerprint density at radius 3 is 2.77 bits per heavy atom. The van der Waals surface area contributed by atoms with Gasteiger partial charge in [-0.3, -0.25) is 4.68 Å². The monoisotopic (exact) mass is 485 g/mol. The Morgan fingerprint density at radius 2 is 1.91 bits per heavy atom. The zero-order chi connectivity index (χ0) is 23.8. The van der Waals surface area contributed by atoms with Gasteiger partial charge in [0.2, 0.25) is 0 Å². The van der Waals surface area contributed by atoms with E-state index in [1.165, 1.54) is 32.3 Å². The highest BCUT2D eigenvalue weighted by molar-refractivity contribution is 6.30. The molecule has 1 aliphatic heterocycles. The van der Waals surface area contributed by atoms with Gasteiger partial charge in [0.1, 0.15) is 11.8 Å². The summed E-state index contributed by atoms with van der Waals surface area (Å²) in [6, 6.07) is 16.5. The third kappa shape index (κ3) is 4.49. The van der Waals surface area contributed by atoms with Gasteiger partial charge in [-0.2, -0.15) is 10.2 Å². The van der Waals surface area contributed by atoms with Crippen LogP contribution in [0, 0.1) is 0 Å². The fourth-order valence-corrected chi connectivity index (χ4v) is 5.37. The zero-order valence-electron chi connectivity index (χ0n) is 19.6. The van der Waals surface area contributed by atoms with Gasteiger partial charge in [-0.05, 0) is 80.7 Å². The molecule has 0 saturated carbocycles. The Hall–Kier alpha value is -3.42. The molecule has 0 aliphatic carbocycles. The van der Waals surface area contributed by atoms with Crippen LogP contribution in [0.5, 0.6) is 0 Å². The summed E-state index contributed by atoms with van der Waals surface area (Å²) in [6.07, 6.45) is 8.29. The Labute approximate surface area is 209 Å². The van der Waals surface area contributed by atoms with Gasteiger partial charge in [-0.25, -0.2) is 9.50 Å². The molecule has 4 heterocycles. The molecule has 35 heavy (non-hydrogen) atoms. The highest BCUT2D eigenvalue weighted by Gasteiger charge is 2.17. The van der Waals surface area contributed by atoms with Gasteiger partial charge in [-0.1, -0.05) is 35.9 Å². The van der Waals surface area contributed by atoms with Gasteiger partial charge < -0.3 is 10.6 Å². The first-order chi connectivity index (χ1) is 17.1. The largest absolute Gasteiger partial charge is 0.382 e. The number of rotatable bonds is 7. The average Bonchev–Trinajstić information content (AvgIpc) is 3.58. The van der Waals surface area contributed by atoms with Gasteiger partial charge in [0.05, 0.1) is 12.1 Å². The van der Waals surface area contributed by atoms with Crippen LogP contribution in [0.25, 0.3) is 27.5 Å². The van der Waals surface area contributed by atoms with Gasteiger partial charge in [0, 0.05) is 27.9 Å². The van der Waals surface area contributed by atoms with Crippen LogP contribution in [0.15, 0.2) is 61.1 Å². The number of aryl methyl sites for hydroxylation is 1. The van der Waals surface area contributed by atoms with E-state index < -0.39 is 0 Å². The number of anilines is 1. The van der Waals surface area contributed by atoms with E-state index in [-0.39, 0.29) is 0 Å². The van der Waals surface area contributed by atoms with E-state index in [1.807, 2.05) is 27.4 Å². The quantitative estimate of drug-likeness (QED) is 0.348. The van der Waals surface area contributed by atoms with E-state index in [0.717, 1.165) is 63.2 Å². The van der Waals surface area contributed by atoms with Gasteiger partial charge in [-0.15, -0.1) is 0 Å². The third-order valence-electron chi connectivity index (χ3n) is 6.86. The van der Waals surface area contributed by atoms with Crippen LogP contribution >= 0.6 is 11.6 Å². The topological polar surface area (TPSA) is 77.3 Å². The van der Waals surface area contributed by atoms with Crippen molar-refractivity contribution in [3.63, 3.8) is 0 Å². The minimum atomic E-state index is 0.493. The van der Waals surface area contributed by atoms with Gasteiger partial charge >= 0.3 is 0 Å². The van der Waals surface area contributed by atoms with E-state index >= 15 is 0 Å². The minimum Gasteiger partial charge on any atom is -0.382 e. The summed E-state index contributed by atoms with van der Waals surface area (Å²) in [4.78, 5) is 6.83. The molecule has 0 atom stereocenters. The molecule has 7 nitrogen and oxygen atoms in total. The molecule has 1 fully saturated rings.